The van der Waals surface area contributed by atoms with Gasteiger partial charge in [-0.1, -0.05) is 0 Å². The van der Waals surface area contributed by atoms with E-state index < -0.39 is 5.97 Å². The van der Waals surface area contributed by atoms with Gasteiger partial charge in [0, 0.05) is 69.6 Å². The molecule has 0 aliphatic carbocycles. The minimum Gasteiger partial charge on any atom is -0.478 e. The van der Waals surface area contributed by atoms with E-state index in [1.807, 2.05) is 0 Å². The number of carboxylic acid groups (broad SMARTS) is 1. The zero-order valence-corrected chi connectivity index (χ0v) is 11.2. The maximum atomic E-state index is 10.2. The van der Waals surface area contributed by atoms with Crippen molar-refractivity contribution in [1.29, 1.82) is 0 Å². The van der Waals surface area contributed by atoms with Crippen LogP contribution in [0.2, 0.25) is 0 Å². The van der Waals surface area contributed by atoms with E-state index in [0.717, 1.165) is 0 Å². The summed E-state index contributed by atoms with van der Waals surface area (Å²) in [5.74, 6) is -0.942. The van der Waals surface area contributed by atoms with Gasteiger partial charge < -0.3 is 5.11 Å². The molecule has 1 aromatic rings. The van der Waals surface area contributed by atoms with Crippen molar-refractivity contribution < 1.29 is 29.4 Å². The van der Waals surface area contributed by atoms with Gasteiger partial charge in [0.2, 0.25) is 0 Å². The zero-order valence-electron chi connectivity index (χ0n) is 6.03. The van der Waals surface area contributed by atoms with Crippen LogP contribution >= 0.6 is 0 Å². The maximum absolute atomic E-state index is 10.2. The van der Waals surface area contributed by atoms with Crippen LogP contribution in [0.4, 0.5) is 0 Å². The molecular weight excluding hydrogens is 224 g/mol. The third-order valence-electron chi connectivity index (χ3n) is 0.908. The zero-order chi connectivity index (χ0) is 6.69. The number of carbonyl (C=O) groups is 1. The van der Waals surface area contributed by atoms with Crippen molar-refractivity contribution in [3.05, 3.63) is 30.1 Å². The molecular formula is C6H5CaNO2Zn. The third kappa shape index (κ3) is 4.86. The van der Waals surface area contributed by atoms with Gasteiger partial charge in [0.1, 0.15) is 0 Å². The van der Waals surface area contributed by atoms with Crippen LogP contribution in [0.15, 0.2) is 24.5 Å². The molecule has 0 spiro atoms. The fourth-order valence-corrected chi connectivity index (χ4v) is 0.489. The Bertz CT molecular complexity index is 217. The molecule has 1 aromatic heterocycles. The summed E-state index contributed by atoms with van der Waals surface area (Å²) < 4.78 is 0. The molecule has 0 saturated carbocycles. The fraction of sp³-hybridized carbons (Fsp3) is 0. The average Bonchev–Trinajstić information content (AvgIpc) is 1.90. The number of hydrogen-bond acceptors (Lipinski definition) is 2. The van der Waals surface area contributed by atoms with Crippen LogP contribution in [-0.2, 0) is 19.5 Å². The SMILES string of the molecule is O=C(O)c1cccnc1.[Ca].[Zn]. The minimum atomic E-state index is -0.942. The second-order valence-corrected chi connectivity index (χ2v) is 1.55. The van der Waals surface area contributed by atoms with Crippen molar-refractivity contribution >= 4 is 43.7 Å². The molecule has 0 aromatic carbocycles. The van der Waals surface area contributed by atoms with E-state index in [2.05, 4.69) is 4.98 Å². The van der Waals surface area contributed by atoms with Crippen molar-refractivity contribution in [2.24, 2.45) is 0 Å². The summed E-state index contributed by atoms with van der Waals surface area (Å²) in [5.41, 5.74) is 0.220. The summed E-state index contributed by atoms with van der Waals surface area (Å²) in [4.78, 5) is 13.8. The number of aromatic nitrogens is 1. The van der Waals surface area contributed by atoms with Gasteiger partial charge in [0.15, 0.2) is 0 Å². The predicted octanol–water partition coefficient (Wildman–Crippen LogP) is 0.396. The van der Waals surface area contributed by atoms with Crippen molar-refractivity contribution in [3.8, 4) is 0 Å². The van der Waals surface area contributed by atoms with E-state index in [9.17, 15) is 4.79 Å². The first-order valence-electron chi connectivity index (χ1n) is 2.44. The van der Waals surface area contributed by atoms with Crippen molar-refractivity contribution in [3.63, 3.8) is 0 Å². The predicted molar refractivity (Wildman–Crippen MR) is 37.0 cm³/mol. The summed E-state index contributed by atoms with van der Waals surface area (Å²) >= 11 is 0. The van der Waals surface area contributed by atoms with Gasteiger partial charge in [-0.25, -0.2) is 4.79 Å². The summed E-state index contributed by atoms with van der Waals surface area (Å²) in [6, 6.07) is 3.08. The van der Waals surface area contributed by atoms with E-state index in [1.54, 1.807) is 6.07 Å². The number of rotatable bonds is 1. The van der Waals surface area contributed by atoms with Crippen molar-refractivity contribution in [2.45, 2.75) is 0 Å². The van der Waals surface area contributed by atoms with E-state index >= 15 is 0 Å². The Balaban J connectivity index is 0. The Kier molecular flexibility index (Phi) is 9.16. The van der Waals surface area contributed by atoms with Gasteiger partial charge in [-0.2, -0.15) is 0 Å². The second-order valence-electron chi connectivity index (χ2n) is 1.55. The standard InChI is InChI=1S/C6H5NO2.Ca.Zn/c8-6(9)5-2-1-3-7-4-5;;/h1-4H,(H,8,9);;. The van der Waals surface area contributed by atoms with Crippen molar-refractivity contribution in [1.82, 2.24) is 4.98 Å². The molecule has 0 aliphatic rings. The molecule has 5 heteroatoms. The molecule has 0 aliphatic heterocycles. The maximum Gasteiger partial charge on any atom is 0.337 e. The fourth-order valence-electron chi connectivity index (χ4n) is 0.489. The van der Waals surface area contributed by atoms with Crippen LogP contribution in [0.5, 0.6) is 0 Å². The largest absolute Gasteiger partial charge is 0.478 e. The number of pyridine rings is 1. The Morgan fingerprint density at radius 2 is 2.18 bits per heavy atom. The molecule has 0 bridgehead atoms. The quantitative estimate of drug-likeness (QED) is 0.708. The van der Waals surface area contributed by atoms with Crippen LogP contribution < -0.4 is 0 Å². The molecule has 1 N–H and O–H groups in total. The molecule has 2 radical (unpaired) electrons. The molecule has 0 fully saturated rings. The summed E-state index contributed by atoms with van der Waals surface area (Å²) in [5, 5.41) is 8.34. The molecule has 0 amide bonds. The Morgan fingerprint density at radius 1 is 1.55 bits per heavy atom. The van der Waals surface area contributed by atoms with Crippen LogP contribution in [0, 0.1) is 0 Å². The van der Waals surface area contributed by atoms with Gasteiger partial charge in [-0.15, -0.1) is 0 Å². The van der Waals surface area contributed by atoms with E-state index in [0.29, 0.717) is 0 Å². The minimum absolute atomic E-state index is 0. The van der Waals surface area contributed by atoms with Crippen LogP contribution in [-0.4, -0.2) is 53.8 Å². The van der Waals surface area contributed by atoms with Gasteiger partial charge in [0.25, 0.3) is 0 Å². The van der Waals surface area contributed by atoms with Crippen LogP contribution in [0.1, 0.15) is 10.4 Å². The van der Waals surface area contributed by atoms with E-state index in [-0.39, 0.29) is 62.8 Å². The normalized spacial score (nSPS) is 7.27. The number of carboxylic acids is 1. The van der Waals surface area contributed by atoms with Crippen LogP contribution in [0.3, 0.4) is 0 Å². The molecule has 0 saturated heterocycles. The number of hydrogen-bond donors (Lipinski definition) is 1. The molecule has 3 nitrogen and oxygen atoms in total. The molecule has 11 heavy (non-hydrogen) atoms. The summed E-state index contributed by atoms with van der Waals surface area (Å²) in [6.07, 6.45) is 2.84. The van der Waals surface area contributed by atoms with Crippen LogP contribution in [0.25, 0.3) is 0 Å². The molecule has 0 atom stereocenters. The third-order valence-corrected chi connectivity index (χ3v) is 0.908. The first kappa shape index (κ1) is 14.1. The smallest absolute Gasteiger partial charge is 0.337 e. The first-order valence-corrected chi connectivity index (χ1v) is 2.44. The average molecular weight is 229 g/mol. The summed E-state index contributed by atoms with van der Waals surface area (Å²) in [7, 11) is 0. The van der Waals surface area contributed by atoms with Gasteiger partial charge >= 0.3 is 5.97 Å². The molecule has 0 unspecified atom stereocenters. The summed E-state index contributed by atoms with van der Waals surface area (Å²) in [6.45, 7) is 0. The van der Waals surface area contributed by atoms with Crippen molar-refractivity contribution in [2.75, 3.05) is 0 Å². The topological polar surface area (TPSA) is 50.2 Å². The van der Waals surface area contributed by atoms with Gasteiger partial charge in [0.05, 0.1) is 5.56 Å². The Hall–Kier alpha value is 0.503. The van der Waals surface area contributed by atoms with Gasteiger partial charge in [-0.05, 0) is 12.1 Å². The molecule has 1 rings (SSSR count). The molecule has 50 valence electrons. The second kappa shape index (κ2) is 7.17. The number of nitrogens with zero attached hydrogens (tertiary/aromatic N) is 1. The number of aromatic carboxylic acids is 1. The Labute approximate surface area is 107 Å². The molecule has 1 heterocycles. The van der Waals surface area contributed by atoms with E-state index in [4.69, 9.17) is 5.11 Å². The Morgan fingerprint density at radius 3 is 2.45 bits per heavy atom. The van der Waals surface area contributed by atoms with Gasteiger partial charge in [-0.3, -0.25) is 4.98 Å². The monoisotopic (exact) mass is 227 g/mol. The van der Waals surface area contributed by atoms with E-state index in [1.165, 1.54) is 18.5 Å². The first-order chi connectivity index (χ1) is 4.30.